The predicted molar refractivity (Wildman–Crippen MR) is 73.4 cm³/mol. The fourth-order valence-electron chi connectivity index (χ4n) is 2.32. The number of methoxy groups -OCH3 is 1. The first kappa shape index (κ1) is 15.9. The molecule has 0 amide bonds. The molecule has 0 unspecified atom stereocenters. The van der Waals surface area contributed by atoms with Gasteiger partial charge in [-0.05, 0) is 0 Å². The number of hydrogen-bond acceptors (Lipinski definition) is 3. The molecule has 2 atom stereocenters. The van der Waals surface area contributed by atoms with Crippen molar-refractivity contribution in [1.29, 1.82) is 0 Å². The van der Waals surface area contributed by atoms with E-state index >= 15 is 0 Å². The second-order valence-corrected chi connectivity index (χ2v) is 15.6. The Hall–Kier alpha value is 0.515. The van der Waals surface area contributed by atoms with Gasteiger partial charge in [0.05, 0.1) is 0 Å². The number of halogens is 1. The molecule has 1 saturated heterocycles. The van der Waals surface area contributed by atoms with Crippen LogP contribution in [0.1, 0.15) is 24.8 Å². The van der Waals surface area contributed by atoms with Crippen LogP contribution in [0.2, 0.25) is 3.93 Å². The fourth-order valence-corrected chi connectivity index (χ4v) is 9.25. The summed E-state index contributed by atoms with van der Waals surface area (Å²) < 4.78 is 6.78. The molecule has 0 aromatic heterocycles. The van der Waals surface area contributed by atoms with Crippen LogP contribution in [0.15, 0.2) is 30.3 Å². The average Bonchev–Trinajstić information content (AvgIpc) is 2.48. The van der Waals surface area contributed by atoms with Crippen molar-refractivity contribution in [1.82, 2.24) is 0 Å². The molecular weight excluding hydrogens is 497 g/mol. The molecule has 5 heteroatoms. The van der Waals surface area contributed by atoms with E-state index in [1.807, 2.05) is 6.07 Å². The first-order valence-corrected chi connectivity index (χ1v) is 22.6. The summed E-state index contributed by atoms with van der Waals surface area (Å²) in [5.41, 5.74) is 1.31. The van der Waals surface area contributed by atoms with Crippen LogP contribution in [0.4, 0.5) is 0 Å². The molecule has 1 heterocycles. The Morgan fingerprint density at radius 1 is 1.42 bits per heavy atom. The summed E-state index contributed by atoms with van der Waals surface area (Å²) in [6, 6.07) is 10.4. The summed E-state index contributed by atoms with van der Waals surface area (Å²) in [4.78, 5) is 11.1. The van der Waals surface area contributed by atoms with E-state index in [4.69, 9.17) is 14.5 Å². The van der Waals surface area contributed by atoms with E-state index in [9.17, 15) is 0 Å². The second-order valence-electron chi connectivity index (χ2n) is 4.92. The van der Waals surface area contributed by atoms with Gasteiger partial charge in [0.15, 0.2) is 0 Å². The maximum absolute atomic E-state index is 5.59. The third-order valence-electron chi connectivity index (χ3n) is 3.62. The minimum atomic E-state index is -0.817. The van der Waals surface area contributed by atoms with Crippen molar-refractivity contribution < 1.29 is 36.7 Å². The molecule has 0 aliphatic carbocycles. The Morgan fingerprint density at radius 3 is 2.79 bits per heavy atom. The van der Waals surface area contributed by atoms with Gasteiger partial charge in [0.1, 0.15) is 0 Å². The van der Waals surface area contributed by atoms with E-state index in [1.165, 1.54) is 9.49 Å². The van der Waals surface area contributed by atoms with Crippen molar-refractivity contribution in [2.75, 3.05) is 7.11 Å². The Bertz CT molecular complexity index is 366. The second kappa shape index (κ2) is 8.08. The molecule has 1 aliphatic rings. The van der Waals surface area contributed by atoms with Crippen molar-refractivity contribution in [3.05, 3.63) is 35.9 Å². The van der Waals surface area contributed by atoms with E-state index in [1.54, 1.807) is 7.11 Å². The number of benzene rings is 1. The molecule has 3 nitrogen and oxygen atoms in total. The number of rotatable bonds is 6. The first-order chi connectivity index (χ1) is 9.28. The number of aryl methyl sites for hydroxylation is 1. The zero-order valence-electron chi connectivity index (χ0n) is 11.3. The van der Waals surface area contributed by atoms with E-state index in [0.29, 0.717) is 0 Å². The van der Waals surface area contributed by atoms with Crippen molar-refractivity contribution in [3.8, 4) is 0 Å². The Balaban J connectivity index is 1.86. The summed E-state index contributed by atoms with van der Waals surface area (Å²) in [6.45, 7) is 0. The normalized spacial score (nSPS) is 26.9. The molecule has 19 heavy (non-hydrogen) atoms. The summed E-state index contributed by atoms with van der Waals surface area (Å²) in [6.07, 6.45) is 4.01. The van der Waals surface area contributed by atoms with Gasteiger partial charge < -0.3 is 0 Å². The molecule has 0 saturated carbocycles. The predicted octanol–water partition coefficient (Wildman–Crippen LogP) is 3.88. The zero-order valence-corrected chi connectivity index (χ0v) is 18.4. The van der Waals surface area contributed by atoms with Crippen LogP contribution < -0.4 is 0 Å². The molecule has 0 radical (unpaired) electrons. The third kappa shape index (κ3) is 4.78. The fraction of sp³-hybridized carbons (Fsp3) is 0.571. The van der Waals surface area contributed by atoms with Crippen LogP contribution in [0, 0.1) is 0 Å². The summed E-state index contributed by atoms with van der Waals surface area (Å²) >= 11 is 2.83. The van der Waals surface area contributed by atoms with Gasteiger partial charge in [0.2, 0.25) is 0 Å². The SMILES string of the molecule is CO[C@]1(CCc2ccccc2)CC[C@@H]([CH2][Hg][Br])OO1. The number of ether oxygens (including phenoxy) is 1. The van der Waals surface area contributed by atoms with E-state index in [2.05, 4.69) is 36.2 Å². The molecule has 1 aromatic rings. The first-order valence-electron chi connectivity index (χ1n) is 6.77. The monoisotopic (exact) mass is 516 g/mol. The Kier molecular flexibility index (Phi) is 6.76. The van der Waals surface area contributed by atoms with Crippen molar-refractivity contribution in [3.63, 3.8) is 0 Å². The van der Waals surface area contributed by atoms with Crippen LogP contribution in [-0.4, -0.2) is 19.0 Å². The molecule has 0 N–H and O–H groups in total. The molecule has 1 aromatic carbocycles. The average molecular weight is 516 g/mol. The summed E-state index contributed by atoms with van der Waals surface area (Å²) in [5, 5.41) is 0. The third-order valence-corrected chi connectivity index (χ3v) is 11.0. The van der Waals surface area contributed by atoms with E-state index < -0.39 is 27.9 Å². The van der Waals surface area contributed by atoms with Crippen LogP contribution in [0.25, 0.3) is 0 Å². The topological polar surface area (TPSA) is 27.7 Å². The van der Waals surface area contributed by atoms with Gasteiger partial charge in [-0.3, -0.25) is 0 Å². The standard InChI is InChI=1S/C14H19O3.BrH.Hg/c1-12-8-10-14(15-2,17-16-12)11-9-13-6-4-3-5-7-13;;/h3-7,12H,1,8-11H2,2H3;1H;/q;;+1/p-1/t12-,14-;;/m1../s1. The van der Waals surface area contributed by atoms with Crippen LogP contribution >= 0.6 is 11.9 Å². The van der Waals surface area contributed by atoms with Gasteiger partial charge in [-0.25, -0.2) is 0 Å². The van der Waals surface area contributed by atoms with Gasteiger partial charge in [-0.15, -0.1) is 0 Å². The molecule has 102 valence electrons. The van der Waals surface area contributed by atoms with Crippen molar-refractivity contribution in [2.45, 2.75) is 41.5 Å². The minimum absolute atomic E-state index is 0.279. The Labute approximate surface area is 132 Å². The Morgan fingerprint density at radius 2 is 2.21 bits per heavy atom. The van der Waals surface area contributed by atoms with Crippen LogP contribution in [0.5, 0.6) is 0 Å². The quantitative estimate of drug-likeness (QED) is 0.425. The van der Waals surface area contributed by atoms with E-state index in [-0.39, 0.29) is 6.10 Å². The summed E-state index contributed by atoms with van der Waals surface area (Å²) in [5.74, 6) is -0.560. The van der Waals surface area contributed by atoms with Gasteiger partial charge >= 0.3 is 133 Å². The van der Waals surface area contributed by atoms with Crippen LogP contribution in [0.3, 0.4) is 0 Å². The summed E-state index contributed by atoms with van der Waals surface area (Å²) in [7, 11) is 1.71. The van der Waals surface area contributed by atoms with Gasteiger partial charge in [-0.2, -0.15) is 0 Å². The van der Waals surface area contributed by atoms with Crippen LogP contribution in [-0.2, 0) is 43.1 Å². The van der Waals surface area contributed by atoms with Crippen molar-refractivity contribution >= 4 is 11.9 Å². The zero-order chi connectivity index (χ0) is 13.6. The maximum atomic E-state index is 5.59. The molecule has 0 bridgehead atoms. The van der Waals surface area contributed by atoms with Gasteiger partial charge in [-0.1, -0.05) is 0 Å². The van der Waals surface area contributed by atoms with Gasteiger partial charge in [0.25, 0.3) is 0 Å². The van der Waals surface area contributed by atoms with E-state index in [0.717, 1.165) is 25.7 Å². The molecule has 1 aliphatic heterocycles. The number of hydrogen-bond donors (Lipinski definition) is 0. The molecular formula is C14H19BrHgO3. The van der Waals surface area contributed by atoms with Gasteiger partial charge in [0, 0.05) is 0 Å². The molecule has 0 spiro atoms. The molecule has 1 fully saturated rings. The van der Waals surface area contributed by atoms with Crippen molar-refractivity contribution in [2.24, 2.45) is 0 Å². The molecule has 2 rings (SSSR count).